The lowest BCUT2D eigenvalue weighted by atomic mass is 10.1. The number of anilines is 1. The highest BCUT2D eigenvalue weighted by molar-refractivity contribution is 6.00. The first-order chi connectivity index (χ1) is 13.3. The Bertz CT molecular complexity index is 904. The summed E-state index contributed by atoms with van der Waals surface area (Å²) in [5.41, 5.74) is 5.56. The molecule has 3 rings (SSSR count). The third-order valence-corrected chi connectivity index (χ3v) is 4.44. The van der Waals surface area contributed by atoms with Gasteiger partial charge in [-0.15, -0.1) is 0 Å². The van der Waals surface area contributed by atoms with E-state index < -0.39 is 17.6 Å². The summed E-state index contributed by atoms with van der Waals surface area (Å²) in [4.78, 5) is 16.3. The molecule has 0 saturated heterocycles. The van der Waals surface area contributed by atoms with Crippen molar-refractivity contribution in [2.45, 2.75) is 32.0 Å². The van der Waals surface area contributed by atoms with Crippen LogP contribution in [0.4, 0.5) is 19.1 Å². The van der Waals surface area contributed by atoms with E-state index in [1.165, 1.54) is 6.20 Å². The van der Waals surface area contributed by atoms with Crippen molar-refractivity contribution in [3.63, 3.8) is 0 Å². The zero-order valence-corrected chi connectivity index (χ0v) is 15.4. The van der Waals surface area contributed by atoms with Crippen LogP contribution in [0.25, 0.3) is 0 Å². The fraction of sp³-hybridized carbons (Fsp3) is 0.412. The van der Waals surface area contributed by atoms with Crippen LogP contribution < -0.4 is 15.8 Å². The quantitative estimate of drug-likeness (QED) is 0.729. The van der Waals surface area contributed by atoms with E-state index in [1.807, 2.05) is 6.20 Å². The minimum Gasteiger partial charge on any atom is -0.480 e. The number of nitrogens with zero attached hydrogens (tertiary/aromatic N) is 5. The van der Waals surface area contributed by atoms with E-state index in [-0.39, 0.29) is 11.9 Å². The molecule has 0 bridgehead atoms. The van der Waals surface area contributed by atoms with E-state index in [0.29, 0.717) is 24.2 Å². The normalized spacial score (nSPS) is 17.5. The summed E-state index contributed by atoms with van der Waals surface area (Å²) in [6.45, 7) is 3.18. The highest BCUT2D eigenvalue weighted by Gasteiger charge is 2.36. The third-order valence-electron chi connectivity index (χ3n) is 4.44. The number of ether oxygens (including phenoxy) is 1. The maximum Gasteiger partial charge on any atom is 0.423 e. The van der Waals surface area contributed by atoms with Crippen LogP contribution in [0.2, 0.25) is 0 Å². The van der Waals surface area contributed by atoms with E-state index in [2.05, 4.69) is 29.8 Å². The monoisotopic (exact) mass is 395 g/mol. The molecule has 1 aliphatic rings. The fourth-order valence-electron chi connectivity index (χ4n) is 2.95. The van der Waals surface area contributed by atoms with Crippen molar-refractivity contribution < 1.29 is 17.9 Å². The Hall–Kier alpha value is -3.11. The maximum absolute atomic E-state index is 12.9. The van der Waals surface area contributed by atoms with Crippen molar-refractivity contribution in [1.82, 2.24) is 19.5 Å². The standard InChI is InChI=1S/C17H20F3N7O/c1-10(23-8-11-3-5-27-6-4-22-14(11)27)13(7-21)25-16-24-9-12(17(18,19)20)15(26-16)28-2/h4,6-7,9,11H,3,5,8,21H2,1-2H3,(H,24,25,26)/b13-7+,23-10-/t11-/m1/s1. The number of halogens is 3. The Morgan fingerprint density at radius 1 is 1.46 bits per heavy atom. The molecule has 8 nitrogen and oxygen atoms in total. The summed E-state index contributed by atoms with van der Waals surface area (Å²) in [5, 5.41) is 2.79. The van der Waals surface area contributed by atoms with Crippen LogP contribution in [0.5, 0.6) is 5.88 Å². The first-order valence-electron chi connectivity index (χ1n) is 8.53. The van der Waals surface area contributed by atoms with Gasteiger partial charge >= 0.3 is 6.18 Å². The number of aryl methyl sites for hydroxylation is 1. The molecular weight excluding hydrogens is 375 g/mol. The molecule has 3 N–H and O–H groups in total. The number of alkyl halides is 3. The number of fused-ring (bicyclic) bond motifs is 1. The molecule has 11 heteroatoms. The molecule has 0 amide bonds. The van der Waals surface area contributed by atoms with Crippen molar-refractivity contribution in [2.24, 2.45) is 10.7 Å². The topological polar surface area (TPSA) is 103 Å². The molecule has 1 aliphatic heterocycles. The summed E-state index contributed by atoms with van der Waals surface area (Å²) >= 11 is 0. The fourth-order valence-corrected chi connectivity index (χ4v) is 2.95. The second-order valence-corrected chi connectivity index (χ2v) is 6.21. The number of hydrogen-bond acceptors (Lipinski definition) is 7. The van der Waals surface area contributed by atoms with Crippen LogP contribution in [-0.2, 0) is 12.7 Å². The Kier molecular flexibility index (Phi) is 5.52. The molecule has 2 aromatic rings. The summed E-state index contributed by atoms with van der Waals surface area (Å²) in [5.74, 6) is 0.561. The number of hydrogen-bond donors (Lipinski definition) is 2. The average Bonchev–Trinajstić information content (AvgIpc) is 3.27. The lowest BCUT2D eigenvalue weighted by molar-refractivity contribution is -0.139. The molecule has 0 aromatic carbocycles. The number of aliphatic imine (C=N–C) groups is 1. The zero-order chi connectivity index (χ0) is 20.3. The number of nitrogens with two attached hydrogens (primary N) is 1. The van der Waals surface area contributed by atoms with Gasteiger partial charge in [-0.2, -0.15) is 18.2 Å². The molecular formula is C17H20F3N7O. The minimum absolute atomic E-state index is 0.0764. The van der Waals surface area contributed by atoms with Crippen molar-refractivity contribution in [3.8, 4) is 5.88 Å². The van der Waals surface area contributed by atoms with Gasteiger partial charge in [-0.1, -0.05) is 0 Å². The maximum atomic E-state index is 12.9. The number of nitrogens with one attached hydrogen (secondary N) is 1. The summed E-state index contributed by atoms with van der Waals surface area (Å²) in [7, 11) is 1.11. The van der Waals surface area contributed by atoms with Crippen molar-refractivity contribution in [2.75, 3.05) is 19.0 Å². The van der Waals surface area contributed by atoms with Gasteiger partial charge in [-0.25, -0.2) is 9.97 Å². The van der Waals surface area contributed by atoms with Gasteiger partial charge in [0.2, 0.25) is 11.8 Å². The molecule has 3 heterocycles. The Morgan fingerprint density at radius 2 is 2.25 bits per heavy atom. The summed E-state index contributed by atoms with van der Waals surface area (Å²) in [6.07, 6.45) is 1.97. The van der Waals surface area contributed by atoms with Crippen LogP contribution in [0.15, 0.2) is 35.5 Å². The average molecular weight is 395 g/mol. The zero-order valence-electron chi connectivity index (χ0n) is 15.4. The van der Waals surface area contributed by atoms with Crippen LogP contribution in [0, 0.1) is 0 Å². The molecule has 150 valence electrons. The van der Waals surface area contributed by atoms with Gasteiger partial charge < -0.3 is 20.4 Å². The molecule has 0 saturated carbocycles. The lowest BCUT2D eigenvalue weighted by Gasteiger charge is -2.13. The van der Waals surface area contributed by atoms with E-state index >= 15 is 0 Å². The number of methoxy groups -OCH3 is 1. The molecule has 0 aliphatic carbocycles. The van der Waals surface area contributed by atoms with E-state index in [1.54, 1.807) is 13.1 Å². The van der Waals surface area contributed by atoms with Crippen molar-refractivity contribution >= 4 is 11.7 Å². The number of rotatable bonds is 6. The van der Waals surface area contributed by atoms with Gasteiger partial charge in [0.05, 0.1) is 18.5 Å². The molecule has 2 aromatic heterocycles. The molecule has 0 unspecified atom stereocenters. The second kappa shape index (κ2) is 7.87. The van der Waals surface area contributed by atoms with E-state index in [4.69, 9.17) is 10.5 Å². The van der Waals surface area contributed by atoms with Gasteiger partial charge in [0.15, 0.2) is 0 Å². The van der Waals surface area contributed by atoms with Gasteiger partial charge in [-0.05, 0) is 13.3 Å². The molecule has 1 atom stereocenters. The van der Waals surface area contributed by atoms with Gasteiger partial charge in [0, 0.05) is 43.8 Å². The number of imidazole rings is 1. The van der Waals surface area contributed by atoms with Gasteiger partial charge in [0.1, 0.15) is 11.4 Å². The highest BCUT2D eigenvalue weighted by atomic mass is 19.4. The van der Waals surface area contributed by atoms with Gasteiger partial charge in [-0.3, -0.25) is 4.99 Å². The van der Waals surface area contributed by atoms with Gasteiger partial charge in [0.25, 0.3) is 0 Å². The van der Waals surface area contributed by atoms with Crippen LogP contribution in [-0.4, -0.2) is 38.9 Å². The predicted molar refractivity (Wildman–Crippen MR) is 97.0 cm³/mol. The number of allylic oxidation sites excluding steroid dienone is 1. The summed E-state index contributed by atoms with van der Waals surface area (Å²) < 4.78 is 45.6. The molecule has 0 fully saturated rings. The summed E-state index contributed by atoms with van der Waals surface area (Å²) in [6, 6.07) is 0. The molecule has 28 heavy (non-hydrogen) atoms. The first kappa shape index (κ1) is 19.6. The number of aromatic nitrogens is 4. The van der Waals surface area contributed by atoms with E-state index in [9.17, 15) is 13.2 Å². The van der Waals surface area contributed by atoms with Crippen molar-refractivity contribution in [1.29, 1.82) is 0 Å². The third kappa shape index (κ3) is 4.07. The van der Waals surface area contributed by atoms with Crippen molar-refractivity contribution in [3.05, 3.63) is 41.9 Å². The Morgan fingerprint density at radius 3 is 2.93 bits per heavy atom. The predicted octanol–water partition coefficient (Wildman–Crippen LogP) is 2.56. The first-order valence-corrected chi connectivity index (χ1v) is 8.53. The second-order valence-electron chi connectivity index (χ2n) is 6.21. The lowest BCUT2D eigenvalue weighted by Crippen LogP contribution is -2.16. The van der Waals surface area contributed by atoms with Crippen LogP contribution in [0.1, 0.15) is 30.7 Å². The smallest absolute Gasteiger partial charge is 0.423 e. The van der Waals surface area contributed by atoms with Crippen LogP contribution in [0.3, 0.4) is 0 Å². The minimum atomic E-state index is -4.61. The molecule has 0 radical (unpaired) electrons. The Balaban J connectivity index is 1.72. The highest BCUT2D eigenvalue weighted by Crippen LogP contribution is 2.35. The molecule has 0 spiro atoms. The van der Waals surface area contributed by atoms with E-state index in [0.717, 1.165) is 25.9 Å². The largest absolute Gasteiger partial charge is 0.480 e. The van der Waals surface area contributed by atoms with Crippen LogP contribution >= 0.6 is 0 Å². The Labute approximate surface area is 159 Å². The SMILES string of the molecule is COc1nc(NC(=C/N)/C(C)=N\C[C@H]2CCn3ccnc32)ncc1C(F)(F)F.